The highest BCUT2D eigenvalue weighted by Gasteiger charge is 2.28. The molecule has 0 aromatic heterocycles. The second kappa shape index (κ2) is 9.99. The van der Waals surface area contributed by atoms with Gasteiger partial charge in [0.2, 0.25) is 0 Å². The van der Waals surface area contributed by atoms with Crippen LogP contribution in [0.4, 0.5) is 4.39 Å². The van der Waals surface area contributed by atoms with E-state index in [4.69, 9.17) is 16.3 Å². The monoisotopic (exact) mass is 417 g/mol. The summed E-state index contributed by atoms with van der Waals surface area (Å²) in [5.41, 5.74) is 3.15. The number of rotatable bonds is 10. The van der Waals surface area contributed by atoms with E-state index in [-0.39, 0.29) is 24.1 Å². The van der Waals surface area contributed by atoms with Gasteiger partial charge in [-0.2, -0.15) is 0 Å². The third-order valence-electron chi connectivity index (χ3n) is 4.89. The molecule has 0 unspecified atom stereocenters. The molecule has 0 saturated heterocycles. The molecule has 1 aliphatic rings. The fourth-order valence-electron chi connectivity index (χ4n) is 3.32. The standard InChI is InChI=1S/C23H25ClFNO3/c1-2-29-23(28)11-15-9-17(12-19(24)10-15)21-6-5-20(25)13-18(21)14-26-8-7-22(27)16-3-4-16/h5-6,9-10,12-13,16,26H,2-4,7-8,11,14H2,1H3. The van der Waals surface area contributed by atoms with Crippen LogP contribution in [0.5, 0.6) is 0 Å². The average Bonchev–Trinajstić information content (AvgIpc) is 3.50. The lowest BCUT2D eigenvalue weighted by Gasteiger charge is -2.13. The summed E-state index contributed by atoms with van der Waals surface area (Å²) < 4.78 is 18.9. The van der Waals surface area contributed by atoms with E-state index in [0.717, 1.165) is 35.1 Å². The van der Waals surface area contributed by atoms with Crippen molar-refractivity contribution in [2.24, 2.45) is 5.92 Å². The number of ketones is 1. The number of nitrogens with one attached hydrogen (secondary N) is 1. The van der Waals surface area contributed by atoms with Crippen molar-refractivity contribution >= 4 is 23.4 Å². The Morgan fingerprint density at radius 3 is 2.72 bits per heavy atom. The van der Waals surface area contributed by atoms with Gasteiger partial charge in [-0.3, -0.25) is 9.59 Å². The Hall–Kier alpha value is -2.24. The van der Waals surface area contributed by atoms with Crippen LogP contribution >= 0.6 is 11.6 Å². The molecule has 6 heteroatoms. The smallest absolute Gasteiger partial charge is 0.310 e. The summed E-state index contributed by atoms with van der Waals surface area (Å²) in [7, 11) is 0. The molecule has 0 spiro atoms. The van der Waals surface area contributed by atoms with Crippen LogP contribution in [0.25, 0.3) is 11.1 Å². The molecule has 2 aromatic carbocycles. The molecular formula is C23H25ClFNO3. The Labute approximate surface area is 175 Å². The van der Waals surface area contributed by atoms with Gasteiger partial charge in [0, 0.05) is 30.5 Å². The van der Waals surface area contributed by atoms with Crippen LogP contribution in [0, 0.1) is 11.7 Å². The second-order valence-corrected chi connectivity index (χ2v) is 7.74. The Bertz CT molecular complexity index is 896. The van der Waals surface area contributed by atoms with Crippen LogP contribution in [0.15, 0.2) is 36.4 Å². The summed E-state index contributed by atoms with van der Waals surface area (Å²) in [6.45, 7) is 3.08. The van der Waals surface area contributed by atoms with Crippen LogP contribution in [0.3, 0.4) is 0 Å². The fraction of sp³-hybridized carbons (Fsp3) is 0.391. The van der Waals surface area contributed by atoms with Crippen molar-refractivity contribution in [1.29, 1.82) is 0 Å². The topological polar surface area (TPSA) is 55.4 Å². The highest BCUT2D eigenvalue weighted by Crippen LogP contribution is 2.31. The van der Waals surface area contributed by atoms with E-state index in [2.05, 4.69) is 5.32 Å². The summed E-state index contributed by atoms with van der Waals surface area (Å²) >= 11 is 6.26. The summed E-state index contributed by atoms with van der Waals surface area (Å²) in [5, 5.41) is 3.74. The predicted molar refractivity (Wildman–Crippen MR) is 111 cm³/mol. The van der Waals surface area contributed by atoms with Crippen molar-refractivity contribution in [3.05, 3.63) is 58.4 Å². The third kappa shape index (κ3) is 6.38. The number of hydrogen-bond donors (Lipinski definition) is 1. The van der Waals surface area contributed by atoms with Crippen molar-refractivity contribution in [3.8, 4) is 11.1 Å². The van der Waals surface area contributed by atoms with Crippen LogP contribution in [0.1, 0.15) is 37.3 Å². The molecule has 154 valence electrons. The zero-order valence-corrected chi connectivity index (χ0v) is 17.2. The van der Waals surface area contributed by atoms with Gasteiger partial charge in [-0.15, -0.1) is 0 Å². The molecule has 0 bridgehead atoms. The van der Waals surface area contributed by atoms with Gasteiger partial charge in [-0.25, -0.2) is 4.39 Å². The molecule has 0 aliphatic heterocycles. The van der Waals surface area contributed by atoms with Crippen molar-refractivity contribution in [2.45, 2.75) is 39.2 Å². The maximum atomic E-state index is 13.9. The van der Waals surface area contributed by atoms with Crippen LogP contribution in [0.2, 0.25) is 5.02 Å². The van der Waals surface area contributed by atoms with Gasteiger partial charge in [0.25, 0.3) is 0 Å². The van der Waals surface area contributed by atoms with E-state index in [1.54, 1.807) is 25.1 Å². The van der Waals surface area contributed by atoms with Crippen molar-refractivity contribution in [2.75, 3.05) is 13.2 Å². The Kier molecular flexibility index (Phi) is 7.40. The first-order valence-electron chi connectivity index (χ1n) is 9.93. The van der Waals surface area contributed by atoms with Crippen molar-refractivity contribution in [1.82, 2.24) is 5.32 Å². The summed E-state index contributed by atoms with van der Waals surface area (Å²) in [6, 6.07) is 9.99. The minimum atomic E-state index is -0.326. The molecule has 1 N–H and O–H groups in total. The lowest BCUT2D eigenvalue weighted by molar-refractivity contribution is -0.142. The minimum absolute atomic E-state index is 0.124. The number of ether oxygens (including phenoxy) is 1. The van der Waals surface area contributed by atoms with Crippen molar-refractivity contribution < 1.29 is 18.7 Å². The van der Waals surface area contributed by atoms with E-state index in [0.29, 0.717) is 36.9 Å². The van der Waals surface area contributed by atoms with Crippen molar-refractivity contribution in [3.63, 3.8) is 0 Å². The molecule has 1 fully saturated rings. The van der Waals surface area contributed by atoms with Gasteiger partial charge in [0.1, 0.15) is 11.6 Å². The largest absolute Gasteiger partial charge is 0.466 e. The number of carbonyl (C=O) groups is 2. The van der Waals surface area contributed by atoms with Gasteiger partial charge < -0.3 is 10.1 Å². The lowest BCUT2D eigenvalue weighted by atomic mass is 9.97. The number of hydrogen-bond acceptors (Lipinski definition) is 4. The number of Topliss-reactive ketones (excluding diaryl/α,β-unsaturated/α-hetero) is 1. The average molecular weight is 418 g/mol. The number of benzene rings is 2. The van der Waals surface area contributed by atoms with Gasteiger partial charge in [0.05, 0.1) is 13.0 Å². The first-order valence-corrected chi connectivity index (χ1v) is 10.3. The SMILES string of the molecule is CCOC(=O)Cc1cc(Cl)cc(-c2ccc(F)cc2CNCCC(=O)C2CC2)c1. The molecule has 1 saturated carbocycles. The summed E-state index contributed by atoms with van der Waals surface area (Å²) in [6.07, 6.45) is 2.64. The van der Waals surface area contributed by atoms with Gasteiger partial charge in [0.15, 0.2) is 0 Å². The normalized spacial score (nSPS) is 13.3. The molecule has 4 nitrogen and oxygen atoms in total. The highest BCUT2D eigenvalue weighted by molar-refractivity contribution is 6.31. The van der Waals surface area contributed by atoms with Gasteiger partial charge >= 0.3 is 5.97 Å². The van der Waals surface area contributed by atoms with Gasteiger partial charge in [-0.05, 0) is 66.3 Å². The van der Waals surface area contributed by atoms with E-state index in [1.807, 2.05) is 6.07 Å². The number of esters is 1. The van der Waals surface area contributed by atoms with E-state index >= 15 is 0 Å². The Morgan fingerprint density at radius 2 is 2.00 bits per heavy atom. The first kappa shape index (κ1) is 21.5. The molecular weight excluding hydrogens is 393 g/mol. The van der Waals surface area contributed by atoms with Crippen LogP contribution in [-0.2, 0) is 27.3 Å². The zero-order valence-electron chi connectivity index (χ0n) is 16.5. The number of carbonyl (C=O) groups excluding carboxylic acids is 2. The van der Waals surface area contributed by atoms with E-state index in [9.17, 15) is 14.0 Å². The maximum absolute atomic E-state index is 13.9. The van der Waals surface area contributed by atoms with Crippen LogP contribution in [-0.4, -0.2) is 24.9 Å². The molecule has 3 rings (SSSR count). The molecule has 2 aromatic rings. The quantitative estimate of drug-likeness (QED) is 0.449. The molecule has 1 aliphatic carbocycles. The summed E-state index contributed by atoms with van der Waals surface area (Å²) in [4.78, 5) is 23.6. The molecule has 29 heavy (non-hydrogen) atoms. The van der Waals surface area contributed by atoms with E-state index < -0.39 is 0 Å². The maximum Gasteiger partial charge on any atom is 0.310 e. The molecule has 0 atom stereocenters. The molecule has 0 heterocycles. The molecule has 0 amide bonds. The first-order chi connectivity index (χ1) is 14.0. The lowest BCUT2D eigenvalue weighted by Crippen LogP contribution is -2.19. The Balaban J connectivity index is 1.74. The predicted octanol–water partition coefficient (Wildman–Crippen LogP) is 4.71. The minimum Gasteiger partial charge on any atom is -0.466 e. The van der Waals surface area contributed by atoms with Gasteiger partial charge in [-0.1, -0.05) is 23.7 Å². The number of halogens is 2. The van der Waals surface area contributed by atoms with E-state index in [1.165, 1.54) is 12.1 Å². The highest BCUT2D eigenvalue weighted by atomic mass is 35.5. The summed E-state index contributed by atoms with van der Waals surface area (Å²) in [5.74, 6) is -0.0864. The second-order valence-electron chi connectivity index (χ2n) is 7.30. The Morgan fingerprint density at radius 1 is 1.21 bits per heavy atom. The molecule has 0 radical (unpaired) electrons. The zero-order chi connectivity index (χ0) is 20.8. The fourth-order valence-corrected chi connectivity index (χ4v) is 3.58. The van der Waals surface area contributed by atoms with Crippen LogP contribution < -0.4 is 5.32 Å². The third-order valence-corrected chi connectivity index (χ3v) is 5.10.